The lowest BCUT2D eigenvalue weighted by atomic mass is 9.46. The molecule has 2 N–H and O–H groups in total. The lowest BCUT2D eigenvalue weighted by Crippen LogP contribution is -2.56. The van der Waals surface area contributed by atoms with Crippen LogP contribution in [0.5, 0.6) is 0 Å². The van der Waals surface area contributed by atoms with Crippen molar-refractivity contribution in [3.05, 3.63) is 95.9 Å². The number of aliphatic hydroxyl groups excluding tert-OH is 1. The number of fused-ring (bicyclic) bond motifs is 6. The van der Waals surface area contributed by atoms with Gasteiger partial charge >= 0.3 is 5.97 Å². The minimum Gasteiger partial charge on any atom is -0.454 e. The molecule has 0 spiro atoms. The highest BCUT2D eigenvalue weighted by Crippen LogP contribution is 2.67. The van der Waals surface area contributed by atoms with E-state index in [1.165, 1.54) is 0 Å². The molecule has 10 atom stereocenters. The van der Waals surface area contributed by atoms with Gasteiger partial charge in [-0.25, -0.2) is 4.79 Å². The number of nitrogens with zero attached hydrogens (tertiary/aromatic N) is 1. The zero-order valence-electron chi connectivity index (χ0n) is 28.8. The number of ether oxygens (including phenoxy) is 1. The Bertz CT molecular complexity index is 1980. The van der Waals surface area contributed by atoms with Crippen molar-refractivity contribution in [2.75, 3.05) is 11.9 Å². The van der Waals surface area contributed by atoms with Crippen molar-refractivity contribution in [2.45, 2.75) is 64.9 Å². The molecule has 3 aromatic rings. The van der Waals surface area contributed by atoms with Crippen LogP contribution in [0.1, 0.15) is 74.7 Å². The highest BCUT2D eigenvalue weighted by molar-refractivity contribution is 6.01. The average Bonchev–Trinajstić information content (AvgIpc) is 3.85. The molecule has 1 aromatic heterocycles. The van der Waals surface area contributed by atoms with E-state index in [-0.39, 0.29) is 70.9 Å². The number of allylic oxidation sites excluding steroid dienone is 4. The van der Waals surface area contributed by atoms with E-state index in [9.17, 15) is 24.3 Å². The summed E-state index contributed by atoms with van der Waals surface area (Å²) >= 11 is 0. The molecule has 1 heterocycles. The molecule has 0 radical (unpaired) electrons. The van der Waals surface area contributed by atoms with Gasteiger partial charge in [0.25, 0.3) is 0 Å². The third kappa shape index (κ3) is 5.43. The number of esters is 1. The normalized spacial score (nSPS) is 35.4. The first-order valence-corrected chi connectivity index (χ1v) is 18.0. The number of carbonyl (C=O) groups is 4. The van der Waals surface area contributed by atoms with E-state index in [1.54, 1.807) is 42.7 Å². The van der Waals surface area contributed by atoms with Gasteiger partial charge < -0.3 is 15.2 Å². The van der Waals surface area contributed by atoms with E-state index in [0.29, 0.717) is 18.4 Å². The maximum Gasteiger partial charge on any atom is 0.338 e. The fraction of sp³-hybridized carbons (Fsp3) is 0.452. The second-order valence-electron chi connectivity index (χ2n) is 16.0. The second-order valence-corrected chi connectivity index (χ2v) is 16.0. The van der Waals surface area contributed by atoms with Crippen LogP contribution in [0.25, 0.3) is 10.8 Å². The minimum atomic E-state index is -0.600. The van der Waals surface area contributed by atoms with Crippen molar-refractivity contribution in [3.8, 4) is 0 Å². The lowest BCUT2D eigenvalue weighted by Gasteiger charge is -2.58. The molecule has 8 rings (SSSR count). The Hall–Kier alpha value is -4.43. The molecule has 1 amide bonds. The van der Waals surface area contributed by atoms with Crippen molar-refractivity contribution in [3.63, 3.8) is 0 Å². The van der Waals surface area contributed by atoms with E-state index < -0.39 is 17.5 Å². The van der Waals surface area contributed by atoms with Crippen molar-refractivity contribution in [1.82, 2.24) is 4.98 Å². The second kappa shape index (κ2) is 12.1. The summed E-state index contributed by atoms with van der Waals surface area (Å²) in [6.07, 6.45) is 12.1. The van der Waals surface area contributed by atoms with Crippen LogP contribution in [-0.2, 0) is 19.1 Å². The minimum absolute atomic E-state index is 0.00433. The Morgan fingerprint density at radius 1 is 1.06 bits per heavy atom. The number of amides is 1. The predicted molar refractivity (Wildman–Crippen MR) is 189 cm³/mol. The summed E-state index contributed by atoms with van der Waals surface area (Å²) < 4.78 is 5.67. The largest absolute Gasteiger partial charge is 0.454 e. The monoisotopic (exact) mass is 672 g/mol. The van der Waals surface area contributed by atoms with Crippen LogP contribution in [0.15, 0.2) is 84.7 Å². The highest BCUT2D eigenvalue weighted by Gasteiger charge is 2.64. The number of hydrogen-bond acceptors (Lipinski definition) is 7. The molecule has 0 aliphatic heterocycles. The van der Waals surface area contributed by atoms with Crippen LogP contribution in [0.2, 0.25) is 0 Å². The SMILES string of the molecule is C[C@@H]1CC2[C@@H]3CCC4=CC(=O)C=C[C@]4(C)C3[C@@H](O)C[C@]2(C)[C@H]1C(=O)COC(=O)c1cccc([C@H]2C[C@H]2C(=O)Nc2ccc3cnccc3c2)c1. The number of aromatic nitrogens is 1. The summed E-state index contributed by atoms with van der Waals surface area (Å²) in [7, 11) is 0. The van der Waals surface area contributed by atoms with Crippen LogP contribution < -0.4 is 5.32 Å². The molecule has 2 aromatic carbocycles. The number of ketones is 2. The Labute approximate surface area is 292 Å². The first kappa shape index (κ1) is 32.8. The number of carbonyl (C=O) groups excluding carboxylic acids is 4. The number of rotatable bonds is 7. The van der Waals surface area contributed by atoms with Gasteiger partial charge in [-0.1, -0.05) is 50.6 Å². The number of anilines is 1. The summed E-state index contributed by atoms with van der Waals surface area (Å²) in [5.41, 5.74) is 2.36. The van der Waals surface area contributed by atoms with E-state index in [4.69, 9.17) is 4.74 Å². The zero-order valence-corrected chi connectivity index (χ0v) is 28.8. The molecule has 0 saturated heterocycles. The highest BCUT2D eigenvalue weighted by atomic mass is 16.5. The van der Waals surface area contributed by atoms with Gasteiger partial charge in [0.05, 0.1) is 11.7 Å². The maximum absolute atomic E-state index is 13.9. The first-order chi connectivity index (χ1) is 24.0. The fourth-order valence-electron chi connectivity index (χ4n) is 10.8. The third-order valence-corrected chi connectivity index (χ3v) is 13.1. The van der Waals surface area contributed by atoms with Crippen molar-refractivity contribution < 1.29 is 29.0 Å². The van der Waals surface area contributed by atoms with Gasteiger partial charge in [0, 0.05) is 46.6 Å². The van der Waals surface area contributed by atoms with Gasteiger partial charge in [0.15, 0.2) is 18.2 Å². The van der Waals surface area contributed by atoms with Gasteiger partial charge in [0.2, 0.25) is 5.91 Å². The predicted octanol–water partition coefficient (Wildman–Crippen LogP) is 6.84. The summed E-state index contributed by atoms with van der Waals surface area (Å²) in [5.74, 6) is -0.574. The average molecular weight is 673 g/mol. The number of pyridine rings is 1. The van der Waals surface area contributed by atoms with Crippen molar-refractivity contribution in [1.29, 1.82) is 0 Å². The number of aliphatic hydroxyl groups is 1. The van der Waals surface area contributed by atoms with Crippen LogP contribution in [0, 0.1) is 46.3 Å². The standard InChI is InChI=1S/C42H44N2O6/c1-23-15-34-31-10-8-28-18-30(45)11-13-41(28,2)38(31)35(46)20-42(34,3)37(23)36(47)22-50-40(49)26-6-4-5-25(16-26)32-19-33(32)39(48)44-29-9-7-27-21-43-14-12-24(27)17-29/h4-7,9,11-14,16-18,21,23,31-35,37-38,46H,8,10,15,19-20,22H2,1-3H3,(H,44,48)/t23-,31+,32-,33-,34?,35+,37-,38?,41+,42+/m1/s1. The van der Waals surface area contributed by atoms with Crippen LogP contribution >= 0.6 is 0 Å². The molecule has 50 heavy (non-hydrogen) atoms. The van der Waals surface area contributed by atoms with Crippen molar-refractivity contribution >= 4 is 39.9 Å². The van der Waals surface area contributed by atoms with Crippen LogP contribution in [0.3, 0.4) is 0 Å². The maximum atomic E-state index is 13.9. The molecule has 258 valence electrons. The number of Topliss-reactive ketones (excluding diaryl/α,β-unsaturated/α-hetero) is 1. The molecular formula is C42H44N2O6. The number of nitrogens with one attached hydrogen (secondary N) is 1. The van der Waals surface area contributed by atoms with E-state index in [0.717, 1.165) is 46.9 Å². The summed E-state index contributed by atoms with van der Waals surface area (Å²) in [4.78, 5) is 56.5. The van der Waals surface area contributed by atoms with Gasteiger partial charge in [-0.15, -0.1) is 0 Å². The molecule has 5 aliphatic rings. The van der Waals surface area contributed by atoms with E-state index in [1.807, 2.05) is 36.4 Å². The quantitative estimate of drug-likeness (QED) is 0.264. The molecular weight excluding hydrogens is 628 g/mol. The third-order valence-electron chi connectivity index (χ3n) is 13.1. The Morgan fingerprint density at radius 3 is 2.74 bits per heavy atom. The topological polar surface area (TPSA) is 123 Å². The number of benzene rings is 2. The smallest absolute Gasteiger partial charge is 0.338 e. The molecule has 4 fully saturated rings. The summed E-state index contributed by atoms with van der Waals surface area (Å²) in [5, 5.41) is 16.7. The molecule has 8 nitrogen and oxygen atoms in total. The Morgan fingerprint density at radius 2 is 1.90 bits per heavy atom. The molecule has 0 bridgehead atoms. The van der Waals surface area contributed by atoms with E-state index in [2.05, 4.69) is 31.1 Å². The molecule has 5 aliphatic carbocycles. The lowest BCUT2D eigenvalue weighted by molar-refractivity contribution is -0.142. The van der Waals surface area contributed by atoms with Gasteiger partial charge in [-0.2, -0.15) is 0 Å². The van der Waals surface area contributed by atoms with Gasteiger partial charge in [-0.05, 0) is 115 Å². The van der Waals surface area contributed by atoms with Crippen LogP contribution in [-0.4, -0.2) is 46.2 Å². The van der Waals surface area contributed by atoms with Gasteiger partial charge in [-0.3, -0.25) is 19.4 Å². The van der Waals surface area contributed by atoms with Gasteiger partial charge in [0.1, 0.15) is 0 Å². The summed E-state index contributed by atoms with van der Waals surface area (Å²) in [6, 6.07) is 14.8. The van der Waals surface area contributed by atoms with Crippen molar-refractivity contribution in [2.24, 2.45) is 46.3 Å². The zero-order chi connectivity index (χ0) is 34.9. The Kier molecular flexibility index (Phi) is 7.94. The van der Waals surface area contributed by atoms with E-state index >= 15 is 0 Å². The van der Waals surface area contributed by atoms with Crippen LogP contribution in [0.4, 0.5) is 5.69 Å². The summed E-state index contributed by atoms with van der Waals surface area (Å²) in [6.45, 7) is 6.12. The number of hydrogen-bond donors (Lipinski definition) is 2. The molecule has 8 heteroatoms. The fourth-order valence-corrected chi connectivity index (χ4v) is 10.8. The molecule has 2 unspecified atom stereocenters. The first-order valence-electron chi connectivity index (χ1n) is 18.0. The Balaban J connectivity index is 0.903. The molecule has 4 saturated carbocycles.